The first-order chi connectivity index (χ1) is 7.15. The molecule has 16 heavy (non-hydrogen) atoms. The van der Waals surface area contributed by atoms with Gasteiger partial charge in [-0.15, -0.1) is 12.4 Å². The van der Waals surface area contributed by atoms with Crippen molar-refractivity contribution in [2.75, 3.05) is 19.6 Å². The van der Waals surface area contributed by atoms with Crippen LogP contribution in [0.2, 0.25) is 0 Å². The largest absolute Gasteiger partial charge is 0.343 e. The molecule has 1 saturated heterocycles. The summed E-state index contributed by atoms with van der Waals surface area (Å²) < 4.78 is 0. The molecule has 1 atom stereocenters. The number of amides is 1. The highest BCUT2D eigenvalue weighted by Crippen LogP contribution is 2.24. The van der Waals surface area contributed by atoms with Crippen molar-refractivity contribution in [1.29, 1.82) is 0 Å². The van der Waals surface area contributed by atoms with Crippen molar-refractivity contribution in [1.82, 2.24) is 4.90 Å². The Morgan fingerprint density at radius 1 is 1.38 bits per heavy atom. The van der Waals surface area contributed by atoms with Crippen molar-refractivity contribution in [2.24, 2.45) is 17.6 Å². The predicted octanol–water partition coefficient (Wildman–Crippen LogP) is 2.04. The lowest BCUT2D eigenvalue weighted by molar-refractivity contribution is -0.130. The van der Waals surface area contributed by atoms with Crippen LogP contribution in [0, 0.1) is 11.8 Å². The molecule has 96 valence electrons. The van der Waals surface area contributed by atoms with E-state index in [1.165, 1.54) is 6.42 Å². The van der Waals surface area contributed by atoms with Crippen LogP contribution in [0.1, 0.15) is 39.5 Å². The van der Waals surface area contributed by atoms with Gasteiger partial charge in [-0.3, -0.25) is 4.79 Å². The zero-order valence-corrected chi connectivity index (χ0v) is 11.3. The maximum Gasteiger partial charge on any atom is 0.223 e. The third-order valence-electron chi connectivity index (χ3n) is 3.43. The maximum atomic E-state index is 11.7. The van der Waals surface area contributed by atoms with Crippen LogP contribution in [0.25, 0.3) is 0 Å². The van der Waals surface area contributed by atoms with Crippen molar-refractivity contribution in [2.45, 2.75) is 39.5 Å². The quantitative estimate of drug-likeness (QED) is 0.831. The molecule has 4 heteroatoms. The third kappa shape index (κ3) is 4.71. The second-order valence-electron chi connectivity index (χ2n) is 4.85. The Labute approximate surface area is 105 Å². The molecule has 0 aromatic carbocycles. The molecule has 0 bridgehead atoms. The first-order valence-electron chi connectivity index (χ1n) is 6.13. The lowest BCUT2D eigenvalue weighted by Crippen LogP contribution is -2.33. The summed E-state index contributed by atoms with van der Waals surface area (Å²) in [5.41, 5.74) is 5.40. The smallest absolute Gasteiger partial charge is 0.223 e. The molecule has 0 saturated carbocycles. The van der Waals surface area contributed by atoms with Crippen molar-refractivity contribution >= 4 is 18.3 Å². The Morgan fingerprint density at radius 3 is 2.62 bits per heavy atom. The van der Waals surface area contributed by atoms with Gasteiger partial charge in [0.15, 0.2) is 0 Å². The fourth-order valence-electron chi connectivity index (χ4n) is 2.32. The predicted molar refractivity (Wildman–Crippen MR) is 69.7 cm³/mol. The Hall–Kier alpha value is -0.280. The Kier molecular flexibility index (Phi) is 7.77. The zero-order chi connectivity index (χ0) is 11.3. The lowest BCUT2D eigenvalue weighted by atomic mass is 9.89. The molecule has 2 N–H and O–H groups in total. The molecule has 1 fully saturated rings. The van der Waals surface area contributed by atoms with Gasteiger partial charge in [-0.1, -0.05) is 13.8 Å². The normalized spacial score (nSPS) is 21.5. The summed E-state index contributed by atoms with van der Waals surface area (Å²) in [7, 11) is 0. The molecule has 0 aromatic heterocycles. The topological polar surface area (TPSA) is 46.3 Å². The molecule has 0 aliphatic carbocycles. The van der Waals surface area contributed by atoms with E-state index in [0.717, 1.165) is 37.8 Å². The summed E-state index contributed by atoms with van der Waals surface area (Å²) >= 11 is 0. The summed E-state index contributed by atoms with van der Waals surface area (Å²) in [6.07, 6.45) is 4.09. The summed E-state index contributed by atoms with van der Waals surface area (Å²) in [5, 5.41) is 0. The van der Waals surface area contributed by atoms with Gasteiger partial charge in [0.1, 0.15) is 0 Å². The molecular formula is C12H25ClN2O. The van der Waals surface area contributed by atoms with Crippen molar-refractivity contribution in [3.8, 4) is 0 Å². The van der Waals surface area contributed by atoms with E-state index in [4.69, 9.17) is 5.73 Å². The van der Waals surface area contributed by atoms with Gasteiger partial charge < -0.3 is 10.6 Å². The minimum absolute atomic E-state index is 0. The highest BCUT2D eigenvalue weighted by molar-refractivity contribution is 5.85. The van der Waals surface area contributed by atoms with Crippen LogP contribution < -0.4 is 5.73 Å². The minimum Gasteiger partial charge on any atom is -0.343 e. The van der Waals surface area contributed by atoms with Gasteiger partial charge >= 0.3 is 0 Å². The molecule has 0 aromatic rings. The minimum atomic E-state index is 0. The Bertz CT molecular complexity index is 209. The average molecular weight is 249 g/mol. The number of nitrogens with zero attached hydrogens (tertiary/aromatic N) is 1. The van der Waals surface area contributed by atoms with Gasteiger partial charge in [0.05, 0.1) is 0 Å². The van der Waals surface area contributed by atoms with Crippen molar-refractivity contribution < 1.29 is 4.79 Å². The Balaban J connectivity index is 0.00000225. The van der Waals surface area contributed by atoms with Crippen LogP contribution in [-0.4, -0.2) is 30.4 Å². The average Bonchev–Trinajstić information content (AvgIpc) is 2.43. The fraction of sp³-hybridized carbons (Fsp3) is 0.917. The SMILES string of the molecule is CC(C)C1CCCN(C(=O)CCN)CC1.Cl. The zero-order valence-electron chi connectivity index (χ0n) is 10.4. The monoisotopic (exact) mass is 248 g/mol. The van der Waals surface area contributed by atoms with Crippen molar-refractivity contribution in [3.05, 3.63) is 0 Å². The van der Waals surface area contributed by atoms with E-state index in [1.54, 1.807) is 0 Å². The van der Waals surface area contributed by atoms with Crippen molar-refractivity contribution in [3.63, 3.8) is 0 Å². The van der Waals surface area contributed by atoms with Crippen LogP contribution in [-0.2, 0) is 4.79 Å². The summed E-state index contributed by atoms with van der Waals surface area (Å²) in [6, 6.07) is 0. The number of carbonyl (C=O) groups excluding carboxylic acids is 1. The summed E-state index contributed by atoms with van der Waals surface area (Å²) in [5.74, 6) is 1.78. The number of carbonyl (C=O) groups is 1. The molecule has 3 nitrogen and oxygen atoms in total. The molecule has 0 radical (unpaired) electrons. The van der Waals surface area contributed by atoms with Gasteiger partial charge in [-0.05, 0) is 31.1 Å². The number of rotatable bonds is 3. The van der Waals surface area contributed by atoms with Crippen LogP contribution >= 0.6 is 12.4 Å². The van der Waals surface area contributed by atoms with E-state index in [2.05, 4.69) is 13.8 Å². The first-order valence-corrected chi connectivity index (χ1v) is 6.13. The first kappa shape index (κ1) is 15.7. The van der Waals surface area contributed by atoms with E-state index < -0.39 is 0 Å². The number of nitrogens with two attached hydrogens (primary N) is 1. The third-order valence-corrected chi connectivity index (χ3v) is 3.43. The Morgan fingerprint density at radius 2 is 2.06 bits per heavy atom. The number of hydrogen-bond donors (Lipinski definition) is 1. The van der Waals surface area contributed by atoms with Crippen LogP contribution in [0.5, 0.6) is 0 Å². The van der Waals surface area contributed by atoms with E-state index >= 15 is 0 Å². The highest BCUT2D eigenvalue weighted by atomic mass is 35.5. The van der Waals surface area contributed by atoms with Crippen LogP contribution in [0.4, 0.5) is 0 Å². The van der Waals surface area contributed by atoms with Gasteiger partial charge in [-0.25, -0.2) is 0 Å². The van der Waals surface area contributed by atoms with Gasteiger partial charge in [0, 0.05) is 26.1 Å². The van der Waals surface area contributed by atoms with E-state index in [-0.39, 0.29) is 18.3 Å². The maximum absolute atomic E-state index is 11.7. The van der Waals surface area contributed by atoms with E-state index in [9.17, 15) is 4.79 Å². The number of hydrogen-bond acceptors (Lipinski definition) is 2. The van der Waals surface area contributed by atoms with Crippen LogP contribution in [0.15, 0.2) is 0 Å². The lowest BCUT2D eigenvalue weighted by Gasteiger charge is -2.21. The second-order valence-corrected chi connectivity index (χ2v) is 4.85. The molecule has 1 aliphatic heterocycles. The van der Waals surface area contributed by atoms with E-state index in [1.807, 2.05) is 4.90 Å². The molecule has 1 amide bonds. The van der Waals surface area contributed by atoms with Gasteiger partial charge in [0.25, 0.3) is 0 Å². The number of likely N-dealkylation sites (tertiary alicyclic amines) is 1. The van der Waals surface area contributed by atoms with Gasteiger partial charge in [-0.2, -0.15) is 0 Å². The molecule has 1 unspecified atom stereocenters. The standard InChI is InChI=1S/C12H24N2O.ClH/c1-10(2)11-4-3-8-14(9-6-11)12(15)5-7-13;/h10-11H,3-9,13H2,1-2H3;1H. The van der Waals surface area contributed by atoms with Gasteiger partial charge in [0.2, 0.25) is 5.91 Å². The fourth-order valence-corrected chi connectivity index (χ4v) is 2.32. The number of halogens is 1. The molecule has 1 rings (SSSR count). The molecular weight excluding hydrogens is 224 g/mol. The van der Waals surface area contributed by atoms with Crippen LogP contribution in [0.3, 0.4) is 0 Å². The molecule has 1 aliphatic rings. The highest BCUT2D eigenvalue weighted by Gasteiger charge is 2.21. The second kappa shape index (κ2) is 7.91. The van der Waals surface area contributed by atoms with E-state index in [0.29, 0.717) is 13.0 Å². The summed E-state index contributed by atoms with van der Waals surface area (Å²) in [4.78, 5) is 13.7. The summed E-state index contributed by atoms with van der Waals surface area (Å²) in [6.45, 7) is 6.90. The molecule has 1 heterocycles. The molecule has 0 spiro atoms.